The van der Waals surface area contributed by atoms with Crippen molar-refractivity contribution in [2.24, 2.45) is 5.92 Å². The van der Waals surface area contributed by atoms with Crippen LogP contribution in [0.25, 0.3) is 0 Å². The highest BCUT2D eigenvalue weighted by atomic mass is 35.5. The molecule has 6 heteroatoms. The molecule has 0 bridgehead atoms. The lowest BCUT2D eigenvalue weighted by Crippen LogP contribution is -2.50. The van der Waals surface area contributed by atoms with Crippen molar-refractivity contribution < 1.29 is 9.59 Å². The first-order chi connectivity index (χ1) is 13.0. The number of hydrogen-bond acceptors (Lipinski definition) is 3. The first kappa shape index (κ1) is 19.2. The average molecular weight is 386 g/mol. The molecule has 0 aliphatic carbocycles. The fourth-order valence-electron chi connectivity index (χ4n) is 3.24. The Morgan fingerprint density at radius 2 is 1.63 bits per heavy atom. The molecule has 0 radical (unpaired) electrons. The summed E-state index contributed by atoms with van der Waals surface area (Å²) >= 11 is 6.47. The van der Waals surface area contributed by atoms with Gasteiger partial charge in [-0.1, -0.05) is 49.7 Å². The number of nitrogens with zero attached hydrogens (tertiary/aromatic N) is 2. The fraction of sp³-hybridized carbons (Fsp3) is 0.333. The van der Waals surface area contributed by atoms with Crippen molar-refractivity contribution in [2.45, 2.75) is 13.8 Å². The van der Waals surface area contributed by atoms with Gasteiger partial charge in [0.15, 0.2) is 0 Å². The number of carbonyl (C=O) groups is 2. The Labute approximate surface area is 164 Å². The molecule has 1 aliphatic rings. The van der Waals surface area contributed by atoms with Gasteiger partial charge in [-0.15, -0.1) is 0 Å². The quantitative estimate of drug-likeness (QED) is 0.868. The number of carbonyl (C=O) groups excluding carboxylic acids is 2. The molecule has 2 aromatic rings. The maximum absolute atomic E-state index is 12.6. The molecular weight excluding hydrogens is 362 g/mol. The Bertz CT molecular complexity index is 815. The lowest BCUT2D eigenvalue weighted by Gasteiger charge is -2.38. The third-order valence-electron chi connectivity index (χ3n) is 4.67. The number of amides is 2. The van der Waals surface area contributed by atoms with Crippen LogP contribution in [0.15, 0.2) is 48.5 Å². The van der Waals surface area contributed by atoms with Crippen LogP contribution >= 0.6 is 11.6 Å². The second-order valence-electron chi connectivity index (χ2n) is 6.92. The summed E-state index contributed by atoms with van der Waals surface area (Å²) in [5.74, 6) is -0.00302. The van der Waals surface area contributed by atoms with Crippen molar-refractivity contribution >= 4 is 34.8 Å². The number of halogens is 1. The summed E-state index contributed by atoms with van der Waals surface area (Å²) < 4.78 is 0. The maximum atomic E-state index is 12.6. The second-order valence-corrected chi connectivity index (χ2v) is 7.33. The summed E-state index contributed by atoms with van der Waals surface area (Å²) in [5.41, 5.74) is 2.08. The lowest BCUT2D eigenvalue weighted by molar-refractivity contribution is -0.134. The smallest absolute Gasteiger partial charge is 0.255 e. The molecule has 5 nitrogen and oxygen atoms in total. The molecule has 1 heterocycles. The first-order valence-electron chi connectivity index (χ1n) is 9.16. The third-order valence-corrected chi connectivity index (χ3v) is 4.98. The van der Waals surface area contributed by atoms with Crippen molar-refractivity contribution in [1.29, 1.82) is 0 Å². The molecule has 0 saturated carbocycles. The van der Waals surface area contributed by atoms with Crippen molar-refractivity contribution in [2.75, 3.05) is 36.4 Å². The molecule has 0 aromatic heterocycles. The highest BCUT2D eigenvalue weighted by Crippen LogP contribution is 2.35. The summed E-state index contributed by atoms with van der Waals surface area (Å²) in [6, 6.07) is 14.6. The van der Waals surface area contributed by atoms with Crippen LogP contribution in [-0.2, 0) is 4.79 Å². The maximum Gasteiger partial charge on any atom is 0.255 e. The lowest BCUT2D eigenvalue weighted by atomic mass is 10.1. The fourth-order valence-corrected chi connectivity index (χ4v) is 3.53. The van der Waals surface area contributed by atoms with E-state index in [1.54, 1.807) is 12.1 Å². The minimum absolute atomic E-state index is 0.00224. The van der Waals surface area contributed by atoms with E-state index in [-0.39, 0.29) is 17.7 Å². The van der Waals surface area contributed by atoms with E-state index in [4.69, 9.17) is 11.6 Å². The van der Waals surface area contributed by atoms with Gasteiger partial charge in [0.1, 0.15) is 0 Å². The van der Waals surface area contributed by atoms with Crippen LogP contribution in [0.2, 0.25) is 5.02 Å². The van der Waals surface area contributed by atoms with Gasteiger partial charge in [-0.2, -0.15) is 0 Å². The first-order valence-corrected chi connectivity index (χ1v) is 9.54. The minimum Gasteiger partial charge on any atom is -0.365 e. The number of rotatable bonds is 4. The van der Waals surface area contributed by atoms with E-state index >= 15 is 0 Å². The molecule has 2 aromatic carbocycles. The zero-order chi connectivity index (χ0) is 19.4. The molecule has 3 rings (SSSR count). The topological polar surface area (TPSA) is 52.7 Å². The number of hydrogen-bond donors (Lipinski definition) is 1. The van der Waals surface area contributed by atoms with Crippen LogP contribution in [-0.4, -0.2) is 42.9 Å². The van der Waals surface area contributed by atoms with E-state index in [0.29, 0.717) is 42.5 Å². The monoisotopic (exact) mass is 385 g/mol. The number of anilines is 2. The van der Waals surface area contributed by atoms with Gasteiger partial charge in [0.2, 0.25) is 5.91 Å². The Kier molecular flexibility index (Phi) is 6.01. The number of para-hydroxylation sites is 1. The average Bonchev–Trinajstić information content (AvgIpc) is 2.68. The highest BCUT2D eigenvalue weighted by molar-refractivity contribution is 6.34. The van der Waals surface area contributed by atoms with Crippen LogP contribution < -0.4 is 10.2 Å². The molecule has 0 unspecified atom stereocenters. The van der Waals surface area contributed by atoms with Gasteiger partial charge < -0.3 is 15.1 Å². The van der Waals surface area contributed by atoms with Gasteiger partial charge in [-0.25, -0.2) is 0 Å². The standard InChI is InChI=1S/C21H24ClN3O2/c1-15(2)21(27)25-13-11-24(12-14-25)19-17(22)9-6-10-18(19)23-20(26)16-7-4-3-5-8-16/h3-10,15H,11-14H2,1-2H3,(H,23,26). The number of piperazine rings is 1. The normalized spacial score (nSPS) is 14.4. The number of nitrogens with one attached hydrogen (secondary N) is 1. The second kappa shape index (κ2) is 8.44. The zero-order valence-electron chi connectivity index (χ0n) is 15.6. The molecule has 0 atom stereocenters. The predicted molar refractivity (Wildman–Crippen MR) is 109 cm³/mol. The Morgan fingerprint density at radius 3 is 2.26 bits per heavy atom. The van der Waals surface area contributed by atoms with Gasteiger partial charge in [-0.05, 0) is 24.3 Å². The summed E-state index contributed by atoms with van der Waals surface area (Å²) in [5, 5.41) is 3.56. The van der Waals surface area contributed by atoms with Crippen molar-refractivity contribution in [1.82, 2.24) is 4.90 Å². The van der Waals surface area contributed by atoms with Crippen molar-refractivity contribution in [3.05, 3.63) is 59.1 Å². The van der Waals surface area contributed by atoms with Crippen LogP contribution in [0.3, 0.4) is 0 Å². The molecule has 1 aliphatic heterocycles. The van der Waals surface area contributed by atoms with Gasteiger partial charge in [-0.3, -0.25) is 9.59 Å². The number of benzene rings is 2. The van der Waals surface area contributed by atoms with Crippen molar-refractivity contribution in [3.8, 4) is 0 Å². The molecular formula is C21H24ClN3O2. The van der Waals surface area contributed by atoms with Crippen LogP contribution in [0.5, 0.6) is 0 Å². The summed E-state index contributed by atoms with van der Waals surface area (Å²) in [6.07, 6.45) is 0. The third kappa shape index (κ3) is 4.42. The van der Waals surface area contributed by atoms with E-state index in [1.165, 1.54) is 0 Å². The van der Waals surface area contributed by atoms with E-state index in [0.717, 1.165) is 5.69 Å². The predicted octanol–water partition coefficient (Wildman–Crippen LogP) is 3.90. The molecule has 27 heavy (non-hydrogen) atoms. The molecule has 142 valence electrons. The summed E-state index contributed by atoms with van der Waals surface area (Å²) in [6.45, 7) is 6.48. The SMILES string of the molecule is CC(C)C(=O)N1CCN(c2c(Cl)cccc2NC(=O)c2ccccc2)CC1. The van der Waals surface area contributed by atoms with Gasteiger partial charge >= 0.3 is 0 Å². The molecule has 1 saturated heterocycles. The van der Waals surface area contributed by atoms with Crippen LogP contribution in [0.4, 0.5) is 11.4 Å². The molecule has 2 amide bonds. The summed E-state index contributed by atoms with van der Waals surface area (Å²) in [4.78, 5) is 28.8. The highest BCUT2D eigenvalue weighted by Gasteiger charge is 2.25. The van der Waals surface area contributed by atoms with E-state index < -0.39 is 0 Å². The van der Waals surface area contributed by atoms with Gasteiger partial charge in [0.05, 0.1) is 16.4 Å². The zero-order valence-corrected chi connectivity index (χ0v) is 16.4. The van der Waals surface area contributed by atoms with E-state index in [9.17, 15) is 9.59 Å². The van der Waals surface area contributed by atoms with Crippen LogP contribution in [0, 0.1) is 5.92 Å². The largest absolute Gasteiger partial charge is 0.365 e. The Hall–Kier alpha value is -2.53. The summed E-state index contributed by atoms with van der Waals surface area (Å²) in [7, 11) is 0. The molecule has 1 N–H and O–H groups in total. The van der Waals surface area contributed by atoms with E-state index in [2.05, 4.69) is 10.2 Å². The van der Waals surface area contributed by atoms with Gasteiger partial charge in [0.25, 0.3) is 5.91 Å². The Balaban J connectivity index is 1.77. The van der Waals surface area contributed by atoms with Crippen molar-refractivity contribution in [3.63, 3.8) is 0 Å². The van der Waals surface area contributed by atoms with E-state index in [1.807, 2.05) is 55.1 Å². The van der Waals surface area contributed by atoms with Crippen LogP contribution in [0.1, 0.15) is 24.2 Å². The Morgan fingerprint density at radius 1 is 0.963 bits per heavy atom. The molecule has 0 spiro atoms. The van der Waals surface area contributed by atoms with Gasteiger partial charge in [0, 0.05) is 37.7 Å². The molecule has 1 fully saturated rings. The minimum atomic E-state index is -0.173.